The summed E-state index contributed by atoms with van der Waals surface area (Å²) in [5.41, 5.74) is 7.84. The third-order valence-corrected chi connectivity index (χ3v) is 5.01. The summed E-state index contributed by atoms with van der Waals surface area (Å²) in [5, 5.41) is 0. The van der Waals surface area contributed by atoms with Crippen molar-refractivity contribution in [3.63, 3.8) is 0 Å². The van der Waals surface area contributed by atoms with E-state index in [1.54, 1.807) is 0 Å². The number of hydrogen-bond acceptors (Lipinski definition) is 2. The van der Waals surface area contributed by atoms with Crippen molar-refractivity contribution in [3.8, 4) is 0 Å². The Bertz CT molecular complexity index is 415. The van der Waals surface area contributed by atoms with Gasteiger partial charge in [0.1, 0.15) is 0 Å². The average Bonchev–Trinajstić information content (AvgIpc) is 2.31. The van der Waals surface area contributed by atoms with Gasteiger partial charge in [-0.15, -0.1) is 0 Å². The van der Waals surface area contributed by atoms with Crippen LogP contribution in [0.5, 0.6) is 0 Å². The average molecular weight is 325 g/mol. The molecule has 2 nitrogen and oxygen atoms in total. The van der Waals surface area contributed by atoms with Gasteiger partial charge in [-0.25, -0.2) is 0 Å². The third-order valence-electron chi connectivity index (χ3n) is 4.54. The zero-order chi connectivity index (χ0) is 14.0. The largest absolute Gasteiger partial charge is 0.324 e. The van der Waals surface area contributed by atoms with Crippen LogP contribution in [0.4, 0.5) is 0 Å². The maximum absolute atomic E-state index is 6.81. The summed E-state index contributed by atoms with van der Waals surface area (Å²) in [5.74, 6) is 1.98. The molecule has 1 aromatic rings. The highest BCUT2D eigenvalue weighted by molar-refractivity contribution is 9.10. The summed E-state index contributed by atoms with van der Waals surface area (Å²) >= 11 is 3.43. The highest BCUT2D eigenvalue weighted by atomic mass is 79.9. The van der Waals surface area contributed by atoms with E-state index in [-0.39, 0.29) is 5.54 Å². The predicted octanol–water partition coefficient (Wildman–Crippen LogP) is 4.18. The van der Waals surface area contributed by atoms with Gasteiger partial charge in [-0.05, 0) is 58.7 Å². The Balaban J connectivity index is 2.19. The SMILES string of the molecule is CC1CCC(C(C)C)C(N)(Cc2ccc(Br)cn2)C1. The van der Waals surface area contributed by atoms with Gasteiger partial charge in [-0.1, -0.05) is 27.2 Å². The molecule has 3 unspecified atom stereocenters. The second-order valence-corrected chi connectivity index (χ2v) is 7.53. The standard InChI is InChI=1S/C16H25BrN2/c1-11(2)15-7-4-12(3)8-16(15,18)9-14-6-5-13(17)10-19-14/h5-6,10-12,15H,4,7-9,18H2,1-3H3. The van der Waals surface area contributed by atoms with E-state index in [9.17, 15) is 0 Å². The Morgan fingerprint density at radius 1 is 1.42 bits per heavy atom. The Kier molecular flexibility index (Phi) is 4.67. The first kappa shape index (κ1) is 15.0. The number of nitrogens with zero attached hydrogens (tertiary/aromatic N) is 1. The fourth-order valence-corrected chi connectivity index (χ4v) is 3.94. The van der Waals surface area contributed by atoms with Crippen LogP contribution in [0.25, 0.3) is 0 Å². The lowest BCUT2D eigenvalue weighted by Crippen LogP contribution is -2.54. The molecule has 2 N–H and O–H groups in total. The molecular weight excluding hydrogens is 300 g/mol. The fourth-order valence-electron chi connectivity index (χ4n) is 3.70. The molecular formula is C16H25BrN2. The molecule has 1 aliphatic rings. The van der Waals surface area contributed by atoms with Gasteiger partial charge in [0.05, 0.1) is 0 Å². The Morgan fingerprint density at radius 2 is 2.16 bits per heavy atom. The Hall–Kier alpha value is -0.410. The van der Waals surface area contributed by atoms with Crippen LogP contribution >= 0.6 is 15.9 Å². The lowest BCUT2D eigenvalue weighted by molar-refractivity contribution is 0.108. The topological polar surface area (TPSA) is 38.9 Å². The molecule has 1 fully saturated rings. The first-order valence-electron chi connectivity index (χ1n) is 7.30. The first-order chi connectivity index (χ1) is 8.90. The van der Waals surface area contributed by atoms with E-state index < -0.39 is 0 Å². The number of rotatable bonds is 3. The molecule has 0 radical (unpaired) electrons. The smallest absolute Gasteiger partial charge is 0.0422 e. The van der Waals surface area contributed by atoms with Crippen LogP contribution in [0.3, 0.4) is 0 Å². The van der Waals surface area contributed by atoms with Crippen LogP contribution in [0.1, 0.15) is 45.7 Å². The summed E-state index contributed by atoms with van der Waals surface area (Å²) in [4.78, 5) is 4.51. The summed E-state index contributed by atoms with van der Waals surface area (Å²) in [6.07, 6.45) is 6.46. The summed E-state index contributed by atoms with van der Waals surface area (Å²) in [7, 11) is 0. The highest BCUT2D eigenvalue weighted by Crippen LogP contribution is 2.41. The van der Waals surface area contributed by atoms with Gasteiger partial charge < -0.3 is 5.73 Å². The quantitative estimate of drug-likeness (QED) is 0.905. The molecule has 19 heavy (non-hydrogen) atoms. The Labute approximate surface area is 125 Å². The molecule has 1 heterocycles. The number of hydrogen-bond donors (Lipinski definition) is 1. The minimum absolute atomic E-state index is 0.0906. The van der Waals surface area contributed by atoms with Crippen LogP contribution in [0.15, 0.2) is 22.8 Å². The van der Waals surface area contributed by atoms with Crippen molar-refractivity contribution in [2.24, 2.45) is 23.5 Å². The molecule has 1 aliphatic carbocycles. The fraction of sp³-hybridized carbons (Fsp3) is 0.688. The van der Waals surface area contributed by atoms with Gasteiger partial charge in [0.15, 0.2) is 0 Å². The zero-order valence-electron chi connectivity index (χ0n) is 12.2. The molecule has 3 atom stereocenters. The van der Waals surface area contributed by atoms with Crippen molar-refractivity contribution in [3.05, 3.63) is 28.5 Å². The molecule has 2 rings (SSSR count). The summed E-state index contributed by atoms with van der Waals surface area (Å²) < 4.78 is 1.03. The predicted molar refractivity (Wildman–Crippen MR) is 83.9 cm³/mol. The molecule has 0 bridgehead atoms. The normalized spacial score (nSPS) is 31.7. The molecule has 3 heteroatoms. The van der Waals surface area contributed by atoms with Crippen LogP contribution in [0, 0.1) is 17.8 Å². The first-order valence-corrected chi connectivity index (χ1v) is 8.09. The van der Waals surface area contributed by atoms with E-state index in [0.717, 1.165) is 28.9 Å². The van der Waals surface area contributed by atoms with Crippen molar-refractivity contribution in [1.29, 1.82) is 0 Å². The van der Waals surface area contributed by atoms with Crippen molar-refractivity contribution in [2.45, 2.75) is 52.0 Å². The van der Waals surface area contributed by atoms with E-state index in [4.69, 9.17) is 5.73 Å². The van der Waals surface area contributed by atoms with E-state index in [2.05, 4.69) is 53.8 Å². The number of halogens is 1. The maximum Gasteiger partial charge on any atom is 0.0422 e. The second kappa shape index (κ2) is 5.92. The van der Waals surface area contributed by atoms with Gasteiger partial charge in [-0.2, -0.15) is 0 Å². The van der Waals surface area contributed by atoms with E-state index >= 15 is 0 Å². The third kappa shape index (κ3) is 3.57. The summed E-state index contributed by atoms with van der Waals surface area (Å²) in [6, 6.07) is 4.15. The van der Waals surface area contributed by atoms with Gasteiger partial charge in [0, 0.05) is 28.3 Å². The van der Waals surface area contributed by atoms with Crippen LogP contribution in [0.2, 0.25) is 0 Å². The molecule has 0 aromatic carbocycles. The van der Waals surface area contributed by atoms with Crippen molar-refractivity contribution in [2.75, 3.05) is 0 Å². The van der Waals surface area contributed by atoms with Gasteiger partial charge in [0.2, 0.25) is 0 Å². The van der Waals surface area contributed by atoms with Crippen LogP contribution in [-0.2, 0) is 6.42 Å². The highest BCUT2D eigenvalue weighted by Gasteiger charge is 2.41. The van der Waals surface area contributed by atoms with Crippen molar-refractivity contribution >= 4 is 15.9 Å². The molecule has 1 aromatic heterocycles. The van der Waals surface area contributed by atoms with Gasteiger partial charge >= 0.3 is 0 Å². The number of aromatic nitrogens is 1. The molecule has 0 aliphatic heterocycles. The molecule has 0 amide bonds. The van der Waals surface area contributed by atoms with Gasteiger partial charge in [-0.3, -0.25) is 4.98 Å². The van der Waals surface area contributed by atoms with Crippen molar-refractivity contribution in [1.82, 2.24) is 4.98 Å². The number of nitrogens with two attached hydrogens (primary N) is 1. The second-order valence-electron chi connectivity index (χ2n) is 6.61. The lowest BCUT2D eigenvalue weighted by atomic mass is 9.64. The van der Waals surface area contributed by atoms with E-state index in [1.165, 1.54) is 12.8 Å². The maximum atomic E-state index is 6.81. The molecule has 106 valence electrons. The molecule has 1 saturated carbocycles. The zero-order valence-corrected chi connectivity index (χ0v) is 13.8. The summed E-state index contributed by atoms with van der Waals surface area (Å²) in [6.45, 7) is 6.93. The lowest BCUT2D eigenvalue weighted by Gasteiger charge is -2.46. The molecule has 0 saturated heterocycles. The minimum Gasteiger partial charge on any atom is -0.324 e. The number of pyridine rings is 1. The van der Waals surface area contributed by atoms with E-state index in [1.807, 2.05) is 6.20 Å². The van der Waals surface area contributed by atoms with Gasteiger partial charge in [0.25, 0.3) is 0 Å². The van der Waals surface area contributed by atoms with Crippen LogP contribution in [-0.4, -0.2) is 10.5 Å². The van der Waals surface area contributed by atoms with Crippen LogP contribution < -0.4 is 5.73 Å². The van der Waals surface area contributed by atoms with E-state index in [0.29, 0.717) is 11.8 Å². The molecule has 0 spiro atoms. The van der Waals surface area contributed by atoms with Crippen molar-refractivity contribution < 1.29 is 0 Å². The monoisotopic (exact) mass is 324 g/mol. The minimum atomic E-state index is -0.0906. The Morgan fingerprint density at radius 3 is 2.74 bits per heavy atom.